The molecule has 2 heterocycles. The standard InChI is InChI=1S/C26H28N4O3/c1-3-33-26(32)23-15-22(18-9-11-20(12-10-18)30-14-13-21(31)16-30)24(17(2)27)25(29-23)28-19-7-5-4-6-8-19/h4-12,15,21,27,31H,3,13-14,16H2,1-2H3,(H,28,29). The maximum Gasteiger partial charge on any atom is 0.357 e. The second-order valence-corrected chi connectivity index (χ2v) is 8.05. The molecule has 1 saturated heterocycles. The van der Waals surface area contributed by atoms with E-state index in [4.69, 9.17) is 10.1 Å². The summed E-state index contributed by atoms with van der Waals surface area (Å²) in [6.45, 7) is 5.15. The van der Waals surface area contributed by atoms with Crippen LogP contribution in [0.2, 0.25) is 0 Å². The largest absolute Gasteiger partial charge is 0.461 e. The van der Waals surface area contributed by atoms with Gasteiger partial charge in [-0.05, 0) is 61.7 Å². The maximum atomic E-state index is 12.6. The van der Waals surface area contributed by atoms with Crippen LogP contribution in [0, 0.1) is 5.41 Å². The van der Waals surface area contributed by atoms with Gasteiger partial charge in [-0.2, -0.15) is 0 Å². The number of hydrogen-bond donors (Lipinski definition) is 3. The minimum absolute atomic E-state index is 0.182. The Morgan fingerprint density at radius 3 is 2.55 bits per heavy atom. The second kappa shape index (κ2) is 9.83. The molecule has 0 aliphatic carbocycles. The number of para-hydroxylation sites is 1. The number of aromatic nitrogens is 1. The second-order valence-electron chi connectivity index (χ2n) is 8.05. The Bertz CT molecular complexity index is 1150. The normalized spacial score (nSPS) is 15.4. The maximum absolute atomic E-state index is 12.6. The van der Waals surface area contributed by atoms with E-state index in [1.54, 1.807) is 19.9 Å². The Hall–Kier alpha value is -3.71. The molecular weight excluding hydrogens is 416 g/mol. The number of hydrogen-bond acceptors (Lipinski definition) is 7. The summed E-state index contributed by atoms with van der Waals surface area (Å²) in [5.74, 6) is -0.0762. The third-order valence-electron chi connectivity index (χ3n) is 5.62. The van der Waals surface area contributed by atoms with Gasteiger partial charge in [-0.15, -0.1) is 0 Å². The number of rotatable bonds is 7. The number of carbonyl (C=O) groups is 1. The molecule has 0 spiro atoms. The van der Waals surface area contributed by atoms with Crippen LogP contribution in [0.3, 0.4) is 0 Å². The van der Waals surface area contributed by atoms with Crippen LogP contribution in [-0.4, -0.2) is 47.6 Å². The minimum Gasteiger partial charge on any atom is -0.461 e. The van der Waals surface area contributed by atoms with Gasteiger partial charge < -0.3 is 25.5 Å². The molecule has 4 rings (SSSR count). The number of aliphatic hydroxyl groups excluding tert-OH is 1. The van der Waals surface area contributed by atoms with Crippen molar-refractivity contribution in [2.24, 2.45) is 0 Å². The number of carbonyl (C=O) groups excluding carboxylic acids is 1. The minimum atomic E-state index is -0.508. The summed E-state index contributed by atoms with van der Waals surface area (Å²) in [7, 11) is 0. The lowest BCUT2D eigenvalue weighted by molar-refractivity contribution is 0.0519. The summed E-state index contributed by atoms with van der Waals surface area (Å²) in [6, 6.07) is 19.2. The van der Waals surface area contributed by atoms with E-state index in [1.165, 1.54) is 0 Å². The van der Waals surface area contributed by atoms with Gasteiger partial charge in [0.05, 0.1) is 12.7 Å². The highest BCUT2D eigenvalue weighted by Crippen LogP contribution is 2.33. The number of anilines is 3. The molecule has 1 aliphatic rings. The highest BCUT2D eigenvalue weighted by atomic mass is 16.5. The Balaban J connectivity index is 1.79. The van der Waals surface area contributed by atoms with E-state index in [-0.39, 0.29) is 18.4 Å². The highest BCUT2D eigenvalue weighted by molar-refractivity contribution is 6.08. The van der Waals surface area contributed by atoms with E-state index in [0.29, 0.717) is 23.6 Å². The summed E-state index contributed by atoms with van der Waals surface area (Å²) in [4.78, 5) is 19.2. The number of β-amino-alcohol motifs (C(OH)–C–C–N with tert-alkyl or cyclic N) is 1. The van der Waals surface area contributed by atoms with E-state index in [1.807, 2.05) is 54.6 Å². The van der Waals surface area contributed by atoms with Gasteiger partial charge in [0.15, 0.2) is 5.69 Å². The molecule has 1 atom stereocenters. The summed E-state index contributed by atoms with van der Waals surface area (Å²) < 4.78 is 5.21. The van der Waals surface area contributed by atoms with Gasteiger partial charge in [0.1, 0.15) is 5.82 Å². The number of aliphatic hydroxyl groups is 1. The smallest absolute Gasteiger partial charge is 0.357 e. The molecule has 7 heteroatoms. The molecular formula is C26H28N4O3. The zero-order valence-corrected chi connectivity index (χ0v) is 18.8. The SMILES string of the molecule is CCOC(=O)c1cc(-c2ccc(N3CCC(O)C3)cc2)c(C(C)=N)c(Nc2ccccc2)n1. The lowest BCUT2D eigenvalue weighted by atomic mass is 9.96. The predicted molar refractivity (Wildman–Crippen MR) is 131 cm³/mol. The Labute approximate surface area is 193 Å². The van der Waals surface area contributed by atoms with Crippen LogP contribution in [-0.2, 0) is 4.74 Å². The number of pyridine rings is 1. The molecule has 0 bridgehead atoms. The van der Waals surface area contributed by atoms with Crippen molar-refractivity contribution in [3.8, 4) is 11.1 Å². The average Bonchev–Trinajstić information content (AvgIpc) is 3.25. The third kappa shape index (κ3) is 5.04. The van der Waals surface area contributed by atoms with Crippen LogP contribution in [0.5, 0.6) is 0 Å². The lowest BCUT2D eigenvalue weighted by Gasteiger charge is -2.20. The Morgan fingerprint density at radius 1 is 1.21 bits per heavy atom. The van der Waals surface area contributed by atoms with Crippen molar-refractivity contribution in [2.45, 2.75) is 26.4 Å². The first-order chi connectivity index (χ1) is 16.0. The van der Waals surface area contributed by atoms with Gasteiger partial charge in [-0.25, -0.2) is 9.78 Å². The van der Waals surface area contributed by atoms with Crippen molar-refractivity contribution in [1.29, 1.82) is 5.41 Å². The molecule has 0 saturated carbocycles. The fourth-order valence-electron chi connectivity index (χ4n) is 4.04. The number of ether oxygens (including phenoxy) is 1. The topological polar surface area (TPSA) is 98.5 Å². The Morgan fingerprint density at radius 2 is 1.94 bits per heavy atom. The number of nitrogens with zero attached hydrogens (tertiary/aromatic N) is 2. The van der Waals surface area contributed by atoms with E-state index in [0.717, 1.165) is 35.5 Å². The Kier molecular flexibility index (Phi) is 6.70. The van der Waals surface area contributed by atoms with Crippen molar-refractivity contribution in [3.05, 3.63) is 71.9 Å². The molecule has 2 aromatic carbocycles. The van der Waals surface area contributed by atoms with Crippen LogP contribution in [0.15, 0.2) is 60.7 Å². The summed E-state index contributed by atoms with van der Waals surface area (Å²) >= 11 is 0. The fourth-order valence-corrected chi connectivity index (χ4v) is 4.04. The number of esters is 1. The van der Waals surface area contributed by atoms with Crippen LogP contribution in [0.1, 0.15) is 36.3 Å². The molecule has 33 heavy (non-hydrogen) atoms. The summed E-state index contributed by atoms with van der Waals surface area (Å²) in [6.07, 6.45) is 0.469. The molecule has 0 radical (unpaired) electrons. The average molecular weight is 445 g/mol. The summed E-state index contributed by atoms with van der Waals surface area (Å²) in [5, 5.41) is 21.6. The van der Waals surface area contributed by atoms with E-state index in [2.05, 4.69) is 15.2 Å². The van der Waals surface area contributed by atoms with Gasteiger partial charge in [-0.3, -0.25) is 0 Å². The van der Waals surface area contributed by atoms with Crippen LogP contribution < -0.4 is 10.2 Å². The molecule has 0 amide bonds. The molecule has 3 aromatic rings. The van der Waals surface area contributed by atoms with E-state index >= 15 is 0 Å². The lowest BCUT2D eigenvalue weighted by Crippen LogP contribution is -2.20. The fraction of sp³-hybridized carbons (Fsp3) is 0.269. The first-order valence-electron chi connectivity index (χ1n) is 11.1. The van der Waals surface area contributed by atoms with Crippen molar-refractivity contribution >= 4 is 28.9 Å². The molecule has 1 aliphatic heterocycles. The zero-order valence-electron chi connectivity index (χ0n) is 18.8. The van der Waals surface area contributed by atoms with E-state index < -0.39 is 5.97 Å². The third-order valence-corrected chi connectivity index (χ3v) is 5.62. The predicted octanol–water partition coefficient (Wildman–Crippen LogP) is 4.63. The van der Waals surface area contributed by atoms with Crippen molar-refractivity contribution in [3.63, 3.8) is 0 Å². The van der Waals surface area contributed by atoms with Gasteiger partial charge in [-0.1, -0.05) is 30.3 Å². The van der Waals surface area contributed by atoms with Crippen molar-refractivity contribution < 1.29 is 14.6 Å². The van der Waals surface area contributed by atoms with Gasteiger partial charge in [0, 0.05) is 35.7 Å². The first-order valence-corrected chi connectivity index (χ1v) is 11.1. The van der Waals surface area contributed by atoms with Crippen LogP contribution in [0.4, 0.5) is 17.2 Å². The first kappa shape index (κ1) is 22.5. The molecule has 1 aromatic heterocycles. The molecule has 1 unspecified atom stereocenters. The molecule has 3 N–H and O–H groups in total. The molecule has 1 fully saturated rings. The van der Waals surface area contributed by atoms with Crippen molar-refractivity contribution in [2.75, 3.05) is 29.9 Å². The van der Waals surface area contributed by atoms with E-state index in [9.17, 15) is 9.90 Å². The highest BCUT2D eigenvalue weighted by Gasteiger charge is 2.22. The zero-order chi connectivity index (χ0) is 23.4. The van der Waals surface area contributed by atoms with Crippen molar-refractivity contribution in [1.82, 2.24) is 4.98 Å². The molecule has 170 valence electrons. The van der Waals surface area contributed by atoms with Crippen LogP contribution in [0.25, 0.3) is 11.1 Å². The summed E-state index contributed by atoms with van der Waals surface area (Å²) in [5.41, 5.74) is 4.57. The van der Waals surface area contributed by atoms with Gasteiger partial charge in [0.25, 0.3) is 0 Å². The van der Waals surface area contributed by atoms with Crippen LogP contribution >= 0.6 is 0 Å². The number of benzene rings is 2. The molecule has 7 nitrogen and oxygen atoms in total. The number of nitrogens with one attached hydrogen (secondary N) is 2. The quantitative estimate of drug-likeness (QED) is 0.363. The van der Waals surface area contributed by atoms with Gasteiger partial charge in [0.2, 0.25) is 0 Å². The monoisotopic (exact) mass is 444 g/mol. The van der Waals surface area contributed by atoms with Gasteiger partial charge >= 0.3 is 5.97 Å².